The molecule has 1 N–H and O–H groups in total. The lowest BCUT2D eigenvalue weighted by Gasteiger charge is -2.34. The van der Waals surface area contributed by atoms with Gasteiger partial charge in [-0.1, -0.05) is 43.3 Å². The summed E-state index contributed by atoms with van der Waals surface area (Å²) in [5.74, 6) is -0.0689. The molecule has 1 aliphatic heterocycles. The van der Waals surface area contributed by atoms with Crippen LogP contribution in [0.15, 0.2) is 48.5 Å². The number of hydrogen-bond donors (Lipinski definition) is 1. The summed E-state index contributed by atoms with van der Waals surface area (Å²) in [6.07, 6.45) is 4.87. The first kappa shape index (κ1) is 18.9. The van der Waals surface area contributed by atoms with E-state index < -0.39 is 0 Å². The van der Waals surface area contributed by atoms with E-state index in [1.165, 1.54) is 0 Å². The summed E-state index contributed by atoms with van der Waals surface area (Å²) >= 11 is 0. The molecule has 0 aliphatic carbocycles. The van der Waals surface area contributed by atoms with E-state index in [0.29, 0.717) is 18.7 Å². The lowest BCUT2D eigenvalue weighted by Crippen LogP contribution is -2.52. The molecule has 1 aromatic heterocycles. The van der Waals surface area contributed by atoms with E-state index in [4.69, 9.17) is 0 Å². The highest BCUT2D eigenvalue weighted by atomic mass is 16.2. The number of nitrogens with zero attached hydrogens (tertiary/aromatic N) is 3. The largest absolute Gasteiger partial charge is 0.339 e. The lowest BCUT2D eigenvalue weighted by molar-refractivity contribution is -0.135. The van der Waals surface area contributed by atoms with Crippen molar-refractivity contribution in [1.29, 1.82) is 0 Å². The van der Waals surface area contributed by atoms with Gasteiger partial charge in [-0.05, 0) is 36.3 Å². The van der Waals surface area contributed by atoms with Crippen LogP contribution >= 0.6 is 0 Å². The van der Waals surface area contributed by atoms with Gasteiger partial charge in [0.2, 0.25) is 5.91 Å². The Morgan fingerprint density at radius 1 is 1.10 bits per heavy atom. The first-order valence-electron chi connectivity index (χ1n) is 9.94. The van der Waals surface area contributed by atoms with Gasteiger partial charge in [0, 0.05) is 30.6 Å². The topological polar surface area (TPSA) is 69.3 Å². The van der Waals surface area contributed by atoms with Crippen molar-refractivity contribution < 1.29 is 9.59 Å². The third-order valence-corrected chi connectivity index (χ3v) is 5.19. The van der Waals surface area contributed by atoms with Crippen molar-refractivity contribution in [2.45, 2.75) is 13.3 Å². The van der Waals surface area contributed by atoms with Gasteiger partial charge in [0.15, 0.2) is 0 Å². The minimum absolute atomic E-state index is 0.0252. The van der Waals surface area contributed by atoms with Gasteiger partial charge in [-0.15, -0.1) is 0 Å². The summed E-state index contributed by atoms with van der Waals surface area (Å²) in [6.45, 7) is 4.16. The highest BCUT2D eigenvalue weighted by Crippen LogP contribution is 2.18. The zero-order chi connectivity index (χ0) is 20.2. The number of aromatic nitrogens is 2. The van der Waals surface area contributed by atoms with Crippen LogP contribution in [-0.4, -0.2) is 58.0 Å². The Morgan fingerprint density at radius 2 is 1.90 bits per heavy atom. The van der Waals surface area contributed by atoms with E-state index >= 15 is 0 Å². The smallest absolute Gasteiger partial charge is 0.254 e. The number of aromatic amines is 1. The monoisotopic (exact) mass is 388 g/mol. The Bertz CT molecular complexity index is 1050. The molecule has 0 atom stereocenters. The molecule has 29 heavy (non-hydrogen) atoms. The van der Waals surface area contributed by atoms with Gasteiger partial charge in [0.05, 0.1) is 11.2 Å². The molecule has 6 nitrogen and oxygen atoms in total. The summed E-state index contributed by atoms with van der Waals surface area (Å²) in [5, 5.41) is 8.42. The third-order valence-electron chi connectivity index (χ3n) is 5.19. The number of H-pyrrole nitrogens is 1. The second kappa shape index (κ2) is 8.31. The van der Waals surface area contributed by atoms with Gasteiger partial charge >= 0.3 is 0 Å². The van der Waals surface area contributed by atoms with Crippen LogP contribution in [0.4, 0.5) is 0 Å². The number of hydrogen-bond acceptors (Lipinski definition) is 3. The number of carbonyl (C=O) groups is 2. The van der Waals surface area contributed by atoms with Gasteiger partial charge in [-0.25, -0.2) is 0 Å². The van der Waals surface area contributed by atoms with Gasteiger partial charge in [-0.3, -0.25) is 14.7 Å². The van der Waals surface area contributed by atoms with Crippen LogP contribution in [0.5, 0.6) is 0 Å². The van der Waals surface area contributed by atoms with Crippen molar-refractivity contribution in [2.24, 2.45) is 0 Å². The van der Waals surface area contributed by atoms with Crippen LogP contribution in [0.25, 0.3) is 23.1 Å². The highest BCUT2D eigenvalue weighted by molar-refractivity contribution is 5.97. The number of nitrogens with one attached hydrogen (secondary N) is 1. The third kappa shape index (κ3) is 4.06. The summed E-state index contributed by atoms with van der Waals surface area (Å²) in [4.78, 5) is 28.4. The Labute approximate surface area is 169 Å². The number of benzene rings is 2. The Morgan fingerprint density at radius 3 is 2.66 bits per heavy atom. The number of carbonyl (C=O) groups excluding carboxylic acids is 2. The molecule has 2 heterocycles. The van der Waals surface area contributed by atoms with Gasteiger partial charge < -0.3 is 9.80 Å². The maximum absolute atomic E-state index is 12.7. The number of fused-ring (bicyclic) bond motifs is 1. The van der Waals surface area contributed by atoms with Crippen LogP contribution in [0.2, 0.25) is 0 Å². The molecule has 2 amide bonds. The average molecular weight is 388 g/mol. The molecule has 0 saturated carbocycles. The fourth-order valence-corrected chi connectivity index (χ4v) is 3.59. The molecule has 3 aromatic rings. The summed E-state index contributed by atoms with van der Waals surface area (Å²) < 4.78 is 0. The van der Waals surface area contributed by atoms with Crippen LogP contribution < -0.4 is 0 Å². The Hall–Kier alpha value is -3.41. The Kier molecular flexibility index (Phi) is 5.42. The van der Waals surface area contributed by atoms with E-state index in [0.717, 1.165) is 35.1 Å². The molecule has 148 valence electrons. The summed E-state index contributed by atoms with van der Waals surface area (Å²) in [5.41, 5.74) is 3.47. The van der Waals surface area contributed by atoms with Gasteiger partial charge in [0.25, 0.3) is 5.91 Å². The number of amides is 2. The summed E-state index contributed by atoms with van der Waals surface area (Å²) in [7, 11) is 0. The average Bonchev–Trinajstić information content (AvgIpc) is 3.17. The predicted molar refractivity (Wildman–Crippen MR) is 114 cm³/mol. The number of para-hydroxylation sites is 1. The number of piperazine rings is 1. The molecule has 0 bridgehead atoms. The van der Waals surface area contributed by atoms with Crippen LogP contribution in [0.3, 0.4) is 0 Å². The molecule has 1 saturated heterocycles. The van der Waals surface area contributed by atoms with Crippen LogP contribution in [-0.2, 0) is 4.79 Å². The predicted octanol–water partition coefficient (Wildman–Crippen LogP) is 3.43. The minimum atomic E-state index is -0.0941. The van der Waals surface area contributed by atoms with Crippen molar-refractivity contribution in [2.75, 3.05) is 26.2 Å². The van der Waals surface area contributed by atoms with E-state index in [1.807, 2.05) is 65.6 Å². The first-order chi connectivity index (χ1) is 14.2. The molecule has 6 heteroatoms. The number of rotatable bonds is 5. The molecular formula is C23H24N4O2. The van der Waals surface area contributed by atoms with Crippen molar-refractivity contribution in [1.82, 2.24) is 20.0 Å². The SMILES string of the molecule is CCCN1CCN(C(=O)c2ccc(C=Cc3n[nH]c4ccccc34)cc2)CC1=O. The molecule has 2 aromatic carbocycles. The zero-order valence-electron chi connectivity index (χ0n) is 16.5. The molecule has 1 aliphatic rings. The molecule has 4 rings (SSSR count). The molecule has 0 radical (unpaired) electrons. The molecule has 1 fully saturated rings. The van der Waals surface area contributed by atoms with E-state index in [1.54, 1.807) is 4.90 Å². The molecule has 0 spiro atoms. The van der Waals surface area contributed by atoms with E-state index in [2.05, 4.69) is 17.1 Å². The quantitative estimate of drug-likeness (QED) is 0.728. The molecular weight excluding hydrogens is 364 g/mol. The van der Waals surface area contributed by atoms with Crippen LogP contribution in [0, 0.1) is 0 Å². The zero-order valence-corrected chi connectivity index (χ0v) is 16.5. The van der Waals surface area contributed by atoms with Gasteiger partial charge in [0.1, 0.15) is 6.54 Å². The maximum atomic E-state index is 12.7. The molecule has 0 unspecified atom stereocenters. The fourth-order valence-electron chi connectivity index (χ4n) is 3.59. The lowest BCUT2D eigenvalue weighted by atomic mass is 10.1. The standard InChI is InChI=1S/C23H24N4O2/c1-2-13-26-14-15-27(16-22(26)28)23(29)18-10-7-17(8-11-18)9-12-21-19-5-3-4-6-20(19)24-25-21/h3-12H,2,13-16H2,1H3,(H,24,25). The van der Waals surface area contributed by atoms with Gasteiger partial charge in [-0.2, -0.15) is 5.10 Å². The fraction of sp³-hybridized carbons (Fsp3) is 0.261. The van der Waals surface area contributed by atoms with Crippen LogP contribution in [0.1, 0.15) is 35.0 Å². The van der Waals surface area contributed by atoms with Crippen molar-refractivity contribution in [3.63, 3.8) is 0 Å². The second-order valence-electron chi connectivity index (χ2n) is 7.22. The first-order valence-corrected chi connectivity index (χ1v) is 9.94. The van der Waals surface area contributed by atoms with Crippen molar-refractivity contribution >= 4 is 34.9 Å². The Balaban J connectivity index is 1.42. The van der Waals surface area contributed by atoms with Crippen molar-refractivity contribution in [3.8, 4) is 0 Å². The maximum Gasteiger partial charge on any atom is 0.254 e. The normalized spacial score (nSPS) is 14.9. The summed E-state index contributed by atoms with van der Waals surface area (Å²) in [6, 6.07) is 15.4. The van der Waals surface area contributed by atoms with Crippen molar-refractivity contribution in [3.05, 3.63) is 65.4 Å². The second-order valence-corrected chi connectivity index (χ2v) is 7.22. The van der Waals surface area contributed by atoms with E-state index in [9.17, 15) is 9.59 Å². The highest BCUT2D eigenvalue weighted by Gasteiger charge is 2.27. The minimum Gasteiger partial charge on any atom is -0.339 e. The van der Waals surface area contributed by atoms with E-state index in [-0.39, 0.29) is 18.4 Å².